The van der Waals surface area contributed by atoms with Gasteiger partial charge in [0.25, 0.3) is 0 Å². The monoisotopic (exact) mass is 659 g/mol. The van der Waals surface area contributed by atoms with Crippen LogP contribution in [-0.4, -0.2) is 58.8 Å². The second-order valence-electron chi connectivity index (χ2n) is 13.1. The van der Waals surface area contributed by atoms with Crippen molar-refractivity contribution in [2.45, 2.75) is 46.0 Å². The Morgan fingerprint density at radius 1 is 1.08 bits per heavy atom. The number of fused-ring (bicyclic) bond motifs is 1. The first-order valence-corrected chi connectivity index (χ1v) is 17.2. The Kier molecular flexibility index (Phi) is 12.0. The zero-order valence-electron chi connectivity index (χ0n) is 29.4. The van der Waals surface area contributed by atoms with Gasteiger partial charge in [-0.3, -0.25) is 10.1 Å². The van der Waals surface area contributed by atoms with E-state index < -0.39 is 0 Å². The van der Waals surface area contributed by atoms with E-state index in [1.165, 1.54) is 12.8 Å². The number of piperidine rings is 1. The molecule has 7 nitrogen and oxygen atoms in total. The molecule has 0 unspecified atom stereocenters. The summed E-state index contributed by atoms with van der Waals surface area (Å²) >= 11 is 0. The maximum atomic E-state index is 14.8. The number of aryl methyl sites for hydroxylation is 1. The van der Waals surface area contributed by atoms with Gasteiger partial charge in [0.1, 0.15) is 11.5 Å². The van der Waals surface area contributed by atoms with Crippen LogP contribution in [-0.2, 0) is 6.42 Å². The fourth-order valence-electron chi connectivity index (χ4n) is 6.52. The number of allylic oxidation sites excluding steroid dienone is 7. The summed E-state index contributed by atoms with van der Waals surface area (Å²) in [6, 6.07) is 9.21. The van der Waals surface area contributed by atoms with Crippen molar-refractivity contribution in [3.63, 3.8) is 0 Å². The minimum atomic E-state index is -0.258. The summed E-state index contributed by atoms with van der Waals surface area (Å²) in [6.07, 6.45) is 17.0. The first kappa shape index (κ1) is 35.5. The standard InChI is InChI=1S/C41H50FN7/c1-8-31(24-35(10-3)45-27(4)20-29-13-16-43-17-14-29)32(9-2)25-36-28(5)47-48-41(36)39-26-37-38(46-39)15-18-44-40(37)33-21-30(22-34(42)23-33)12-11-19-49(6)7/h8-10,15,18,21-26,29,43,45-47H,3-5,11-14,16-17,19-20H2,1-2,6-7H3/b31-8+,32-9+,35-24+,36-25+. The van der Waals surface area contributed by atoms with Crippen LogP contribution in [0.5, 0.6) is 0 Å². The zero-order chi connectivity index (χ0) is 34.9. The third-order valence-electron chi connectivity index (χ3n) is 9.09. The Hall–Kier alpha value is -4.79. The lowest BCUT2D eigenvalue weighted by Crippen LogP contribution is -2.28. The predicted octanol–water partition coefficient (Wildman–Crippen LogP) is 6.90. The number of halogens is 1. The molecular weight excluding hydrogens is 609 g/mol. The highest BCUT2D eigenvalue weighted by atomic mass is 19.1. The van der Waals surface area contributed by atoms with Crippen molar-refractivity contribution in [2.24, 2.45) is 5.92 Å². The molecule has 8 heteroatoms. The molecular formula is C41H50FN7. The first-order valence-electron chi connectivity index (χ1n) is 17.2. The van der Waals surface area contributed by atoms with Crippen LogP contribution in [0.2, 0.25) is 0 Å². The van der Waals surface area contributed by atoms with Crippen LogP contribution in [0.4, 0.5) is 4.39 Å². The van der Waals surface area contributed by atoms with Gasteiger partial charge in [-0.25, -0.2) is 4.39 Å². The minimum absolute atomic E-state index is 0.258. The van der Waals surface area contributed by atoms with E-state index in [1.54, 1.807) is 18.3 Å². The summed E-state index contributed by atoms with van der Waals surface area (Å²) in [7, 11) is 4.10. The molecule has 1 saturated heterocycles. The third kappa shape index (κ3) is 9.02. The number of aromatic nitrogens is 4. The Labute approximate surface area is 289 Å². The van der Waals surface area contributed by atoms with Crippen LogP contribution in [0.1, 0.15) is 45.1 Å². The van der Waals surface area contributed by atoms with E-state index in [9.17, 15) is 4.39 Å². The molecule has 0 aliphatic carbocycles. The molecule has 1 aliphatic heterocycles. The van der Waals surface area contributed by atoms with Crippen LogP contribution in [0.3, 0.4) is 0 Å². The molecule has 1 aliphatic rings. The molecule has 49 heavy (non-hydrogen) atoms. The van der Waals surface area contributed by atoms with E-state index in [0.717, 1.165) is 106 Å². The van der Waals surface area contributed by atoms with Gasteiger partial charge in [-0.2, -0.15) is 5.10 Å². The van der Waals surface area contributed by atoms with Gasteiger partial charge in [0, 0.05) is 39.3 Å². The number of hydrogen-bond acceptors (Lipinski definition) is 5. The van der Waals surface area contributed by atoms with Crippen LogP contribution >= 0.6 is 0 Å². The Balaban J connectivity index is 1.45. The fourth-order valence-corrected chi connectivity index (χ4v) is 6.52. The van der Waals surface area contributed by atoms with Crippen LogP contribution in [0, 0.1) is 11.7 Å². The van der Waals surface area contributed by atoms with Gasteiger partial charge in [-0.1, -0.05) is 31.9 Å². The summed E-state index contributed by atoms with van der Waals surface area (Å²) < 4.78 is 14.8. The summed E-state index contributed by atoms with van der Waals surface area (Å²) in [4.78, 5) is 10.4. The molecule has 5 rings (SSSR count). The van der Waals surface area contributed by atoms with Gasteiger partial charge in [0.15, 0.2) is 0 Å². The number of nitrogens with zero attached hydrogens (tertiary/aromatic N) is 3. The van der Waals surface area contributed by atoms with Gasteiger partial charge >= 0.3 is 0 Å². The SMILES string of the molecule is C=C\C(=C/C(=C\C)C(/C=c1/c(-c2cc3c(-c4cc(F)cc(CCCN(C)C)c4)nccc3[nH]2)n[nH]c1=C)=C/C)NC(=C)CC1CCNCC1. The van der Waals surface area contributed by atoms with E-state index in [4.69, 9.17) is 4.98 Å². The Morgan fingerprint density at radius 2 is 1.86 bits per heavy atom. The highest BCUT2D eigenvalue weighted by Crippen LogP contribution is 2.31. The normalized spacial score (nSPS) is 15.4. The van der Waals surface area contributed by atoms with E-state index in [-0.39, 0.29) is 5.82 Å². The lowest BCUT2D eigenvalue weighted by atomic mass is 9.93. The van der Waals surface area contributed by atoms with Crippen LogP contribution < -0.4 is 21.2 Å². The summed E-state index contributed by atoms with van der Waals surface area (Å²) in [5.41, 5.74) is 8.85. The van der Waals surface area contributed by atoms with Gasteiger partial charge in [0.2, 0.25) is 0 Å². The van der Waals surface area contributed by atoms with Crippen molar-refractivity contribution in [2.75, 3.05) is 33.7 Å². The van der Waals surface area contributed by atoms with Gasteiger partial charge in [-0.05, 0) is 151 Å². The lowest BCUT2D eigenvalue weighted by molar-refractivity contribution is 0.368. The highest BCUT2D eigenvalue weighted by Gasteiger charge is 2.16. The molecule has 256 valence electrons. The second kappa shape index (κ2) is 16.5. The van der Waals surface area contributed by atoms with Gasteiger partial charge in [0.05, 0.1) is 16.7 Å². The molecule has 4 heterocycles. The molecule has 1 aromatic carbocycles. The molecule has 0 atom stereocenters. The molecule has 3 aromatic heterocycles. The second-order valence-corrected chi connectivity index (χ2v) is 13.1. The van der Waals surface area contributed by atoms with E-state index >= 15 is 0 Å². The van der Waals surface area contributed by atoms with Crippen molar-refractivity contribution >= 4 is 23.6 Å². The average molecular weight is 660 g/mol. The summed E-state index contributed by atoms with van der Waals surface area (Å²) in [5, 5.41) is 17.2. The third-order valence-corrected chi connectivity index (χ3v) is 9.09. The van der Waals surface area contributed by atoms with E-state index in [0.29, 0.717) is 11.3 Å². The maximum absolute atomic E-state index is 14.8. The van der Waals surface area contributed by atoms with Crippen molar-refractivity contribution in [3.8, 4) is 22.6 Å². The largest absolute Gasteiger partial charge is 0.359 e. The number of hydrogen-bond donors (Lipinski definition) is 4. The van der Waals surface area contributed by atoms with Gasteiger partial charge < -0.3 is 20.5 Å². The number of aromatic amines is 2. The molecule has 4 aromatic rings. The van der Waals surface area contributed by atoms with E-state index in [2.05, 4.69) is 80.8 Å². The van der Waals surface area contributed by atoms with Crippen molar-refractivity contribution in [1.82, 2.24) is 35.7 Å². The molecule has 0 amide bonds. The number of benzene rings is 1. The number of H-pyrrole nitrogens is 2. The van der Waals surface area contributed by atoms with Crippen molar-refractivity contribution in [1.29, 1.82) is 0 Å². The Morgan fingerprint density at radius 3 is 2.57 bits per heavy atom. The Bertz CT molecular complexity index is 2000. The van der Waals surface area contributed by atoms with Crippen LogP contribution in [0.15, 0.2) is 96.5 Å². The topological polar surface area (TPSA) is 84.7 Å². The quantitative estimate of drug-likeness (QED) is 0.111. The molecule has 4 N–H and O–H groups in total. The van der Waals surface area contributed by atoms with Crippen LogP contribution in [0.25, 0.3) is 46.2 Å². The van der Waals surface area contributed by atoms with E-state index in [1.807, 2.05) is 46.2 Å². The molecule has 0 spiro atoms. The van der Waals surface area contributed by atoms with Crippen molar-refractivity contribution in [3.05, 3.63) is 118 Å². The summed E-state index contributed by atoms with van der Waals surface area (Å²) in [5.74, 6) is 0.384. The minimum Gasteiger partial charge on any atom is -0.359 e. The number of rotatable bonds is 14. The summed E-state index contributed by atoms with van der Waals surface area (Å²) in [6.45, 7) is 19.8. The zero-order valence-corrected chi connectivity index (χ0v) is 29.4. The molecule has 0 bridgehead atoms. The van der Waals surface area contributed by atoms with Gasteiger partial charge in [-0.15, -0.1) is 0 Å². The molecule has 0 radical (unpaired) electrons. The molecule has 0 saturated carbocycles. The number of nitrogens with one attached hydrogen (secondary N) is 4. The number of pyridine rings is 1. The predicted molar refractivity (Wildman–Crippen MR) is 203 cm³/mol. The highest BCUT2D eigenvalue weighted by molar-refractivity contribution is 5.96. The fraction of sp³-hybridized carbons (Fsp3) is 0.317. The molecule has 1 fully saturated rings. The first-order chi connectivity index (χ1) is 23.7. The van der Waals surface area contributed by atoms with Crippen molar-refractivity contribution < 1.29 is 4.39 Å². The average Bonchev–Trinajstić information content (AvgIpc) is 3.68. The lowest BCUT2D eigenvalue weighted by Gasteiger charge is -2.24. The maximum Gasteiger partial charge on any atom is 0.124 e. The smallest absolute Gasteiger partial charge is 0.124 e.